The van der Waals surface area contributed by atoms with Crippen LogP contribution in [0, 0.1) is 0 Å². The zero-order chi connectivity index (χ0) is 46.9. The van der Waals surface area contributed by atoms with Gasteiger partial charge in [-0.1, -0.05) is 18.2 Å². The number of hydrogen-bond acceptors (Lipinski definition) is 23. The van der Waals surface area contributed by atoms with Crippen molar-refractivity contribution in [2.75, 3.05) is 19.8 Å². The molecule has 0 saturated carbocycles. The number of aromatic hydroxyl groups is 4. The predicted octanol–water partition coefficient (Wildman–Crippen LogP) is -2.93. The number of benzene rings is 3. The molecule has 0 aliphatic carbocycles. The van der Waals surface area contributed by atoms with Crippen molar-refractivity contribution in [2.24, 2.45) is 0 Å². The number of carbonyl (C=O) groups excluding carboxylic acids is 1. The Morgan fingerprint density at radius 1 is 0.615 bits per heavy atom. The molecule has 354 valence electrons. The second kappa shape index (κ2) is 20.0. The number of fused-ring (bicyclic) bond motifs is 1. The first-order valence-corrected chi connectivity index (χ1v) is 20.0. The van der Waals surface area contributed by atoms with Crippen LogP contribution in [-0.4, -0.2) is 189 Å². The summed E-state index contributed by atoms with van der Waals surface area (Å²) in [7, 11) is 0. The molecular weight excluding hydrogens is 872 g/mol. The minimum atomic E-state index is -2.06. The summed E-state index contributed by atoms with van der Waals surface area (Å²) in [6.45, 7) is -2.39. The molecule has 0 radical (unpaired) electrons. The Hall–Kier alpha value is -5.35. The third-order valence-electron chi connectivity index (χ3n) is 11.0. The van der Waals surface area contributed by atoms with Gasteiger partial charge in [0.25, 0.3) is 0 Å². The molecule has 23 heteroatoms. The summed E-state index contributed by atoms with van der Waals surface area (Å²) in [4.78, 5) is 12.8. The van der Waals surface area contributed by atoms with E-state index in [1.165, 1.54) is 42.5 Å². The van der Waals surface area contributed by atoms with E-state index in [0.29, 0.717) is 5.56 Å². The maximum atomic E-state index is 12.8. The molecule has 0 bridgehead atoms. The van der Waals surface area contributed by atoms with Crippen molar-refractivity contribution >= 4 is 18.1 Å². The average molecular weight is 921 g/mol. The molecule has 65 heavy (non-hydrogen) atoms. The summed E-state index contributed by atoms with van der Waals surface area (Å²) in [6.07, 6.45) is -25.2. The van der Waals surface area contributed by atoms with Gasteiger partial charge in [0.15, 0.2) is 30.0 Å². The van der Waals surface area contributed by atoms with Crippen LogP contribution in [0.4, 0.5) is 0 Å². The van der Waals surface area contributed by atoms with Crippen molar-refractivity contribution in [3.8, 4) is 34.5 Å². The third kappa shape index (κ3) is 10.2. The van der Waals surface area contributed by atoms with Gasteiger partial charge in [0.1, 0.15) is 103 Å². The molecule has 16 atom stereocenters. The zero-order valence-corrected chi connectivity index (χ0v) is 33.7. The number of rotatable bonds is 13. The Morgan fingerprint density at radius 2 is 1.23 bits per heavy atom. The predicted molar refractivity (Wildman–Crippen MR) is 212 cm³/mol. The lowest BCUT2D eigenvalue weighted by Gasteiger charge is -2.46. The van der Waals surface area contributed by atoms with Gasteiger partial charge in [-0.05, 0) is 42.0 Å². The fraction of sp³-hybridized carbons (Fsp3) is 0.452. The second-order valence-electron chi connectivity index (χ2n) is 15.5. The van der Waals surface area contributed by atoms with Crippen LogP contribution in [-0.2, 0) is 33.2 Å². The van der Waals surface area contributed by atoms with Crippen molar-refractivity contribution in [3.05, 3.63) is 83.1 Å². The molecule has 3 aromatic carbocycles. The molecule has 23 nitrogen and oxygen atoms in total. The van der Waals surface area contributed by atoms with Crippen molar-refractivity contribution < 1.29 is 114 Å². The first-order chi connectivity index (χ1) is 31.0. The van der Waals surface area contributed by atoms with E-state index in [0.717, 1.165) is 30.3 Å². The number of carbonyl (C=O) groups is 1. The van der Waals surface area contributed by atoms with Crippen LogP contribution in [0.5, 0.6) is 34.5 Å². The highest BCUT2D eigenvalue weighted by Crippen LogP contribution is 2.47. The quantitative estimate of drug-likeness (QED) is 0.0463. The number of aliphatic hydroxyl groups is 10. The summed E-state index contributed by atoms with van der Waals surface area (Å²) in [5, 5.41) is 147. The van der Waals surface area contributed by atoms with Gasteiger partial charge in [-0.25, -0.2) is 4.79 Å². The van der Waals surface area contributed by atoms with E-state index < -0.39 is 141 Å². The molecule has 3 saturated heterocycles. The largest absolute Gasteiger partial charge is 0.508 e. The fourth-order valence-electron chi connectivity index (χ4n) is 7.36. The first-order valence-electron chi connectivity index (χ1n) is 20.0. The Bertz CT molecular complexity index is 2180. The minimum absolute atomic E-state index is 0.00855. The highest BCUT2D eigenvalue weighted by atomic mass is 16.8. The Labute approximate surface area is 367 Å². The molecule has 0 aromatic heterocycles. The molecule has 0 amide bonds. The molecule has 0 spiro atoms. The van der Waals surface area contributed by atoms with Crippen molar-refractivity contribution in [1.82, 2.24) is 0 Å². The summed E-state index contributed by atoms with van der Waals surface area (Å²) >= 11 is 0. The molecule has 3 fully saturated rings. The van der Waals surface area contributed by atoms with E-state index in [2.05, 4.69) is 0 Å². The van der Waals surface area contributed by atoms with Crippen molar-refractivity contribution in [2.45, 2.75) is 98.2 Å². The van der Waals surface area contributed by atoms with Gasteiger partial charge in [0, 0.05) is 23.8 Å². The Morgan fingerprint density at radius 3 is 1.88 bits per heavy atom. The van der Waals surface area contributed by atoms with E-state index in [9.17, 15) is 76.3 Å². The normalized spacial score (nSPS) is 34.8. The molecule has 14 N–H and O–H groups in total. The van der Waals surface area contributed by atoms with Crippen LogP contribution in [0.15, 0.2) is 66.4 Å². The highest BCUT2D eigenvalue weighted by Gasteiger charge is 2.53. The van der Waals surface area contributed by atoms with Crippen LogP contribution in [0.1, 0.15) is 22.8 Å². The van der Waals surface area contributed by atoms with E-state index in [1.54, 1.807) is 0 Å². The maximum Gasteiger partial charge on any atom is 0.330 e. The molecule has 16 unspecified atom stereocenters. The number of hydrogen-bond donors (Lipinski definition) is 14. The molecule has 3 aromatic rings. The number of esters is 1. The van der Waals surface area contributed by atoms with Crippen molar-refractivity contribution in [1.29, 1.82) is 0 Å². The lowest BCUT2D eigenvalue weighted by Crippen LogP contribution is -2.64. The monoisotopic (exact) mass is 920 g/mol. The summed E-state index contributed by atoms with van der Waals surface area (Å²) in [6, 6.07) is 11.5. The lowest BCUT2D eigenvalue weighted by molar-refractivity contribution is -0.364. The smallest absolute Gasteiger partial charge is 0.330 e. The highest BCUT2D eigenvalue weighted by molar-refractivity contribution is 5.87. The van der Waals surface area contributed by atoms with Crippen LogP contribution in [0.3, 0.4) is 0 Å². The van der Waals surface area contributed by atoms with Crippen LogP contribution in [0.25, 0.3) is 12.2 Å². The summed E-state index contributed by atoms with van der Waals surface area (Å²) in [5.74, 6) is -3.31. The van der Waals surface area contributed by atoms with Gasteiger partial charge < -0.3 is 109 Å². The van der Waals surface area contributed by atoms with Crippen LogP contribution >= 0.6 is 0 Å². The number of phenols is 4. The lowest BCUT2D eigenvalue weighted by atomic mass is 9.97. The Kier molecular flexibility index (Phi) is 14.7. The topological polar surface area (TPSA) is 374 Å². The van der Waals surface area contributed by atoms with Gasteiger partial charge in [-0.15, -0.1) is 0 Å². The van der Waals surface area contributed by atoms with Gasteiger partial charge in [-0.2, -0.15) is 0 Å². The average Bonchev–Trinajstić information content (AvgIpc) is 3.29. The van der Waals surface area contributed by atoms with E-state index in [1.807, 2.05) is 0 Å². The summed E-state index contributed by atoms with van der Waals surface area (Å²) < 4.78 is 46.7. The first kappa shape index (κ1) is 47.6. The van der Waals surface area contributed by atoms with Gasteiger partial charge in [0.05, 0.1) is 18.8 Å². The Balaban J connectivity index is 1.25. The van der Waals surface area contributed by atoms with E-state index in [-0.39, 0.29) is 34.1 Å². The van der Waals surface area contributed by atoms with Crippen LogP contribution < -0.4 is 9.47 Å². The van der Waals surface area contributed by atoms with Gasteiger partial charge in [0.2, 0.25) is 12.6 Å². The maximum absolute atomic E-state index is 12.8. The molecule has 4 aliphatic rings. The molecule has 4 heterocycles. The standard InChI is InChI=1S/C42H48O23/c43-13-26-30(50)33(53)36(56)40(62-26)60-24-11-19(46)10-23-20(24)12-25(38(59-23)17-4-7-21(47)22(48)9-17)61-42-39(65-41-37(57)34(54)31(51)27(14-44)63-41)35(55)32(52)28(64-42)15-58-29(49)8-3-16-1-5-18(45)6-2-16/h1-12,26-28,30-48,50-57H,13-15H2. The van der Waals surface area contributed by atoms with E-state index >= 15 is 0 Å². The molecule has 4 aliphatic heterocycles. The molecular formula is C42H48O23. The zero-order valence-electron chi connectivity index (χ0n) is 33.7. The second-order valence-corrected chi connectivity index (χ2v) is 15.5. The van der Waals surface area contributed by atoms with Crippen LogP contribution in [0.2, 0.25) is 0 Å². The minimum Gasteiger partial charge on any atom is -0.508 e. The number of ether oxygens (including phenoxy) is 8. The van der Waals surface area contributed by atoms with E-state index in [4.69, 9.17) is 37.9 Å². The van der Waals surface area contributed by atoms with Gasteiger partial charge >= 0.3 is 5.97 Å². The van der Waals surface area contributed by atoms with Gasteiger partial charge in [-0.3, -0.25) is 0 Å². The SMILES string of the molecule is O=C(C=Cc1ccc(O)cc1)OCC1OC(OC2=Cc3c(cc(O)cc3OC3OC(CO)C(O)C(O)C3O)OC2c2ccc(O)c(O)c2)C(OC2OC(CO)C(O)C(O)C2O)C(O)C1O. The number of aliphatic hydroxyl groups excluding tert-OH is 10. The van der Waals surface area contributed by atoms with Crippen molar-refractivity contribution in [3.63, 3.8) is 0 Å². The molecule has 7 rings (SSSR count). The fourth-order valence-corrected chi connectivity index (χ4v) is 7.36. The third-order valence-corrected chi connectivity index (χ3v) is 11.0. The number of phenolic OH excluding ortho intramolecular Hbond substituents is 4. The summed E-state index contributed by atoms with van der Waals surface area (Å²) in [5.41, 5.74) is 0.525.